The number of halogens is 1. The number of nitrogens with zero attached hydrogens (tertiary/aromatic N) is 3. The van der Waals surface area contributed by atoms with Gasteiger partial charge < -0.3 is 5.32 Å². The van der Waals surface area contributed by atoms with Crippen molar-refractivity contribution in [3.63, 3.8) is 0 Å². The molecule has 0 bridgehead atoms. The first kappa shape index (κ1) is 19.5. The monoisotopic (exact) mass is 428 g/mol. The van der Waals surface area contributed by atoms with Gasteiger partial charge in [-0.25, -0.2) is 4.39 Å². The van der Waals surface area contributed by atoms with Crippen molar-refractivity contribution in [3.8, 4) is 0 Å². The number of aromatic nitrogens is 2. The Labute approximate surface area is 175 Å². The van der Waals surface area contributed by atoms with Crippen LogP contribution in [0.5, 0.6) is 0 Å². The van der Waals surface area contributed by atoms with Gasteiger partial charge in [0.2, 0.25) is 0 Å². The molecule has 1 saturated heterocycles. The number of aryl methyl sites for hydroxylation is 1. The summed E-state index contributed by atoms with van der Waals surface area (Å²) in [7, 11) is -3.68. The molecule has 1 N–H and O–H groups in total. The molecule has 2 aliphatic rings. The highest BCUT2D eigenvalue weighted by atomic mass is 32.2. The van der Waals surface area contributed by atoms with Crippen LogP contribution < -0.4 is 5.32 Å². The van der Waals surface area contributed by atoms with Gasteiger partial charge in [0.1, 0.15) is 5.82 Å². The third-order valence-electron chi connectivity index (χ3n) is 5.95. The molecule has 0 amide bonds. The van der Waals surface area contributed by atoms with Crippen LogP contribution in [0.3, 0.4) is 0 Å². The highest BCUT2D eigenvalue weighted by molar-refractivity contribution is 7.87. The smallest absolute Gasteiger partial charge is 0.323 e. The third kappa shape index (κ3) is 3.48. The first-order chi connectivity index (χ1) is 14.4. The molecule has 6 nitrogen and oxygen atoms in total. The summed E-state index contributed by atoms with van der Waals surface area (Å²) in [5.41, 5.74) is 3.65. The molecular weight excluding hydrogens is 403 g/mol. The first-order valence-electron chi connectivity index (χ1n) is 10.5. The standard InChI is InChI=1S/C22H25FN4O2S/c1-15-13-17(7-9-20(15)23)24-18-8-10-21-19(14-18)22(16-5-6-16)25-27(21)30(28,29)26-11-3-2-4-12-26/h7-10,13-14,16,24H,2-6,11-12H2,1H3. The SMILES string of the molecule is Cc1cc(Nc2ccc3c(c2)c(C2CC2)nn3S(=O)(=O)N2CCCCC2)ccc1F. The molecule has 2 aromatic carbocycles. The molecule has 0 atom stereocenters. The lowest BCUT2D eigenvalue weighted by Crippen LogP contribution is -2.39. The Morgan fingerprint density at radius 3 is 2.43 bits per heavy atom. The maximum absolute atomic E-state index is 13.6. The number of hydrogen-bond acceptors (Lipinski definition) is 4. The van der Waals surface area contributed by atoms with Crippen molar-refractivity contribution in [1.82, 2.24) is 13.5 Å². The van der Waals surface area contributed by atoms with Gasteiger partial charge >= 0.3 is 10.2 Å². The van der Waals surface area contributed by atoms with Crippen LogP contribution in [0.4, 0.5) is 15.8 Å². The van der Waals surface area contributed by atoms with Gasteiger partial charge in [-0.1, -0.05) is 6.42 Å². The average molecular weight is 429 g/mol. The van der Waals surface area contributed by atoms with Crippen LogP contribution in [0.25, 0.3) is 10.9 Å². The highest BCUT2D eigenvalue weighted by Crippen LogP contribution is 2.43. The summed E-state index contributed by atoms with van der Waals surface area (Å²) in [6.45, 7) is 2.82. The number of fused-ring (bicyclic) bond motifs is 1. The minimum absolute atomic E-state index is 0.240. The number of benzene rings is 2. The van der Waals surface area contributed by atoms with Gasteiger partial charge in [0.25, 0.3) is 0 Å². The lowest BCUT2D eigenvalue weighted by atomic mass is 10.1. The molecule has 158 valence electrons. The Kier molecular flexibility index (Phi) is 4.78. The summed E-state index contributed by atoms with van der Waals surface area (Å²) in [4.78, 5) is 0. The predicted molar refractivity (Wildman–Crippen MR) is 116 cm³/mol. The van der Waals surface area contributed by atoms with Crippen molar-refractivity contribution in [1.29, 1.82) is 0 Å². The third-order valence-corrected chi connectivity index (χ3v) is 7.68. The number of anilines is 2. The van der Waals surface area contributed by atoms with Crippen molar-refractivity contribution in [3.05, 3.63) is 53.5 Å². The average Bonchev–Trinajstić information content (AvgIpc) is 3.51. The van der Waals surface area contributed by atoms with E-state index in [1.165, 1.54) is 10.2 Å². The molecule has 1 aliphatic carbocycles. The molecular formula is C22H25FN4O2S. The van der Waals surface area contributed by atoms with Crippen LogP contribution in [-0.2, 0) is 10.2 Å². The van der Waals surface area contributed by atoms with Crippen LogP contribution in [0, 0.1) is 12.7 Å². The number of nitrogens with one attached hydrogen (secondary N) is 1. The summed E-state index contributed by atoms with van der Waals surface area (Å²) in [5.74, 6) is 0.0739. The normalized spacial score (nSPS) is 18.1. The molecule has 1 aromatic heterocycles. The van der Waals surface area contributed by atoms with Crippen LogP contribution in [0.2, 0.25) is 0 Å². The molecule has 1 saturated carbocycles. The maximum Gasteiger partial charge on any atom is 0.323 e. The Bertz CT molecular complexity index is 1210. The van der Waals surface area contributed by atoms with Crippen molar-refractivity contribution in [2.24, 2.45) is 0 Å². The lowest BCUT2D eigenvalue weighted by Gasteiger charge is -2.25. The Morgan fingerprint density at radius 2 is 1.73 bits per heavy atom. The molecule has 2 fully saturated rings. The number of piperidine rings is 1. The van der Waals surface area contributed by atoms with Gasteiger partial charge in [0.05, 0.1) is 11.2 Å². The fourth-order valence-corrected chi connectivity index (χ4v) is 5.66. The second-order valence-corrected chi connectivity index (χ2v) is 10.0. The second kappa shape index (κ2) is 7.35. The van der Waals surface area contributed by atoms with Gasteiger partial charge in [-0.15, -0.1) is 4.09 Å². The van der Waals surface area contributed by atoms with Crippen molar-refractivity contribution < 1.29 is 12.8 Å². The Hall–Kier alpha value is -2.45. The second-order valence-electron chi connectivity index (χ2n) is 8.29. The van der Waals surface area contributed by atoms with Crippen LogP contribution in [0.15, 0.2) is 36.4 Å². The molecule has 1 aliphatic heterocycles. The van der Waals surface area contributed by atoms with E-state index in [9.17, 15) is 12.8 Å². The van der Waals surface area contributed by atoms with Gasteiger partial charge in [-0.2, -0.15) is 17.8 Å². The van der Waals surface area contributed by atoms with Gasteiger partial charge in [0, 0.05) is 35.8 Å². The van der Waals surface area contributed by atoms with E-state index in [0.717, 1.165) is 54.6 Å². The topological polar surface area (TPSA) is 67.2 Å². The van der Waals surface area contributed by atoms with E-state index in [-0.39, 0.29) is 5.82 Å². The van der Waals surface area contributed by atoms with E-state index in [2.05, 4.69) is 10.4 Å². The van der Waals surface area contributed by atoms with Crippen LogP contribution >= 0.6 is 0 Å². The zero-order valence-corrected chi connectivity index (χ0v) is 17.8. The molecule has 30 heavy (non-hydrogen) atoms. The van der Waals surface area contributed by atoms with E-state index in [4.69, 9.17) is 0 Å². The zero-order chi connectivity index (χ0) is 20.9. The van der Waals surface area contributed by atoms with E-state index in [0.29, 0.717) is 30.1 Å². The summed E-state index contributed by atoms with van der Waals surface area (Å²) < 4.78 is 42.9. The summed E-state index contributed by atoms with van der Waals surface area (Å²) >= 11 is 0. The number of rotatable bonds is 5. The van der Waals surface area contributed by atoms with Crippen molar-refractivity contribution in [2.75, 3.05) is 18.4 Å². The summed E-state index contributed by atoms with van der Waals surface area (Å²) in [6.07, 6.45) is 4.91. The summed E-state index contributed by atoms with van der Waals surface area (Å²) in [6, 6.07) is 10.5. The molecule has 5 rings (SSSR count). The molecule has 0 spiro atoms. The fraction of sp³-hybridized carbons (Fsp3) is 0.409. The van der Waals surface area contributed by atoms with E-state index < -0.39 is 10.2 Å². The molecule has 0 unspecified atom stereocenters. The first-order valence-corrected chi connectivity index (χ1v) is 11.9. The minimum Gasteiger partial charge on any atom is -0.355 e. The summed E-state index contributed by atoms with van der Waals surface area (Å²) in [5, 5.41) is 8.74. The quantitative estimate of drug-likeness (QED) is 0.641. The molecule has 8 heteroatoms. The Balaban J connectivity index is 1.55. The van der Waals surface area contributed by atoms with Gasteiger partial charge in [-0.3, -0.25) is 0 Å². The molecule has 2 heterocycles. The van der Waals surface area contributed by atoms with Crippen LogP contribution in [-0.4, -0.2) is 35.0 Å². The zero-order valence-electron chi connectivity index (χ0n) is 16.9. The largest absolute Gasteiger partial charge is 0.355 e. The van der Waals surface area contributed by atoms with Gasteiger partial charge in [0.15, 0.2) is 0 Å². The highest BCUT2D eigenvalue weighted by Gasteiger charge is 2.34. The fourth-order valence-electron chi connectivity index (χ4n) is 4.12. The number of hydrogen-bond donors (Lipinski definition) is 1. The minimum atomic E-state index is -3.68. The molecule has 0 radical (unpaired) electrons. The van der Waals surface area contributed by atoms with Gasteiger partial charge in [-0.05, 0) is 74.6 Å². The van der Waals surface area contributed by atoms with Crippen molar-refractivity contribution >= 4 is 32.5 Å². The molecule has 3 aromatic rings. The Morgan fingerprint density at radius 1 is 1.03 bits per heavy atom. The van der Waals surface area contributed by atoms with Crippen LogP contribution in [0.1, 0.15) is 49.3 Å². The lowest BCUT2D eigenvalue weighted by molar-refractivity contribution is 0.341. The van der Waals surface area contributed by atoms with E-state index in [1.807, 2.05) is 18.2 Å². The predicted octanol–water partition coefficient (Wildman–Crippen LogP) is 4.68. The van der Waals surface area contributed by atoms with E-state index in [1.54, 1.807) is 23.4 Å². The van der Waals surface area contributed by atoms with Crippen molar-refractivity contribution in [2.45, 2.75) is 44.9 Å². The maximum atomic E-state index is 13.6. The van der Waals surface area contributed by atoms with E-state index >= 15 is 0 Å².